The molecule has 4 nitrogen and oxygen atoms in total. The molecular weight excluding hydrogens is 310 g/mol. The Bertz CT molecular complexity index is 772. The van der Waals surface area contributed by atoms with Crippen LogP contribution in [0.15, 0.2) is 53.4 Å². The summed E-state index contributed by atoms with van der Waals surface area (Å²) < 4.78 is 33.0. The maximum atomic E-state index is 12.9. The van der Waals surface area contributed by atoms with Crippen molar-refractivity contribution in [2.75, 3.05) is 13.2 Å². The second-order valence-electron chi connectivity index (χ2n) is 5.64. The third kappa shape index (κ3) is 3.41. The van der Waals surface area contributed by atoms with Gasteiger partial charge >= 0.3 is 0 Å². The molecule has 23 heavy (non-hydrogen) atoms. The van der Waals surface area contributed by atoms with E-state index in [4.69, 9.17) is 4.74 Å². The molecular formula is C18H21NO3S. The minimum atomic E-state index is -3.51. The lowest BCUT2D eigenvalue weighted by molar-refractivity contribution is 0.288. The smallest absolute Gasteiger partial charge is 0.243 e. The standard InChI is InChI=1S/C18H21NO3S/c1-2-19(14-15-7-4-3-5-8-15)23(20,21)17-10-11-18-16(13-17)9-6-12-22-18/h3-5,7-8,10-11,13H,2,6,9,12,14H2,1H3. The molecule has 0 aromatic heterocycles. The van der Waals surface area contributed by atoms with Gasteiger partial charge < -0.3 is 4.74 Å². The summed E-state index contributed by atoms with van der Waals surface area (Å²) in [7, 11) is -3.51. The Morgan fingerprint density at radius 1 is 1.13 bits per heavy atom. The molecule has 0 bridgehead atoms. The summed E-state index contributed by atoms with van der Waals surface area (Å²) in [5.41, 5.74) is 1.97. The van der Waals surface area contributed by atoms with Crippen LogP contribution in [0.5, 0.6) is 5.75 Å². The zero-order chi connectivity index (χ0) is 16.3. The molecule has 1 heterocycles. The Labute approximate surface area is 137 Å². The SMILES string of the molecule is CCN(Cc1ccccc1)S(=O)(=O)c1ccc2c(c1)CCCO2. The van der Waals surface area contributed by atoms with Gasteiger partial charge in [-0.15, -0.1) is 0 Å². The highest BCUT2D eigenvalue weighted by Gasteiger charge is 2.25. The van der Waals surface area contributed by atoms with Gasteiger partial charge in [-0.05, 0) is 42.2 Å². The van der Waals surface area contributed by atoms with Gasteiger partial charge in [-0.1, -0.05) is 37.3 Å². The molecule has 2 aromatic rings. The first-order chi connectivity index (χ1) is 11.1. The first kappa shape index (κ1) is 16.0. The molecule has 0 unspecified atom stereocenters. The number of rotatable bonds is 5. The van der Waals surface area contributed by atoms with Gasteiger partial charge in [0.05, 0.1) is 11.5 Å². The molecule has 0 aliphatic carbocycles. The Kier molecular flexibility index (Phi) is 4.68. The van der Waals surface area contributed by atoms with Crippen LogP contribution < -0.4 is 4.74 Å². The minimum absolute atomic E-state index is 0.347. The summed E-state index contributed by atoms with van der Waals surface area (Å²) in [4.78, 5) is 0.347. The van der Waals surface area contributed by atoms with Crippen LogP contribution >= 0.6 is 0 Å². The van der Waals surface area contributed by atoms with E-state index in [9.17, 15) is 8.42 Å². The molecule has 2 aromatic carbocycles. The zero-order valence-corrected chi connectivity index (χ0v) is 14.1. The van der Waals surface area contributed by atoms with Crippen LogP contribution in [0.2, 0.25) is 0 Å². The zero-order valence-electron chi connectivity index (χ0n) is 13.2. The van der Waals surface area contributed by atoms with Crippen LogP contribution in [0, 0.1) is 0 Å². The third-order valence-corrected chi connectivity index (χ3v) is 5.99. The maximum Gasteiger partial charge on any atom is 0.243 e. The molecule has 5 heteroatoms. The van der Waals surface area contributed by atoms with Crippen LogP contribution in [-0.4, -0.2) is 25.9 Å². The topological polar surface area (TPSA) is 46.6 Å². The average Bonchev–Trinajstić information content (AvgIpc) is 2.60. The van der Waals surface area contributed by atoms with Gasteiger partial charge in [0, 0.05) is 13.1 Å². The van der Waals surface area contributed by atoms with Crippen LogP contribution in [0.1, 0.15) is 24.5 Å². The molecule has 0 fully saturated rings. The summed E-state index contributed by atoms with van der Waals surface area (Å²) >= 11 is 0. The molecule has 0 saturated heterocycles. The third-order valence-electron chi connectivity index (χ3n) is 4.07. The fraction of sp³-hybridized carbons (Fsp3) is 0.333. The molecule has 0 N–H and O–H groups in total. The van der Waals surface area contributed by atoms with Crippen molar-refractivity contribution in [1.29, 1.82) is 0 Å². The molecule has 122 valence electrons. The number of benzene rings is 2. The average molecular weight is 331 g/mol. The van der Waals surface area contributed by atoms with Gasteiger partial charge in [0.25, 0.3) is 0 Å². The summed E-state index contributed by atoms with van der Waals surface area (Å²) in [5.74, 6) is 0.807. The number of nitrogens with zero attached hydrogens (tertiary/aromatic N) is 1. The summed E-state index contributed by atoms with van der Waals surface area (Å²) in [5, 5.41) is 0. The Morgan fingerprint density at radius 3 is 2.65 bits per heavy atom. The second-order valence-corrected chi connectivity index (χ2v) is 7.58. The number of sulfonamides is 1. The second kappa shape index (κ2) is 6.72. The van der Waals surface area contributed by atoms with E-state index >= 15 is 0 Å². The minimum Gasteiger partial charge on any atom is -0.493 e. The van der Waals surface area contributed by atoms with E-state index in [1.54, 1.807) is 18.2 Å². The molecule has 0 saturated carbocycles. The molecule has 0 atom stereocenters. The lowest BCUT2D eigenvalue weighted by atomic mass is 10.1. The van der Waals surface area contributed by atoms with Crippen molar-refractivity contribution in [3.63, 3.8) is 0 Å². The summed E-state index contributed by atoms with van der Waals surface area (Å²) in [6.45, 7) is 3.38. The molecule has 0 spiro atoms. The van der Waals surface area contributed by atoms with Crippen molar-refractivity contribution in [3.05, 3.63) is 59.7 Å². The Morgan fingerprint density at radius 2 is 1.91 bits per heavy atom. The van der Waals surface area contributed by atoms with Crippen molar-refractivity contribution in [2.45, 2.75) is 31.2 Å². The number of aryl methyl sites for hydroxylation is 1. The molecule has 1 aliphatic rings. The van der Waals surface area contributed by atoms with Crippen LogP contribution in [0.4, 0.5) is 0 Å². The highest BCUT2D eigenvalue weighted by Crippen LogP contribution is 2.29. The Balaban J connectivity index is 1.89. The van der Waals surface area contributed by atoms with E-state index in [1.165, 1.54) is 4.31 Å². The number of ether oxygens (including phenoxy) is 1. The highest BCUT2D eigenvalue weighted by molar-refractivity contribution is 7.89. The summed E-state index contributed by atoms with van der Waals surface area (Å²) in [6.07, 6.45) is 1.79. The van der Waals surface area contributed by atoms with E-state index in [0.29, 0.717) is 24.6 Å². The first-order valence-electron chi connectivity index (χ1n) is 7.91. The molecule has 1 aliphatic heterocycles. The fourth-order valence-corrected chi connectivity index (χ4v) is 4.29. The predicted molar refractivity (Wildman–Crippen MR) is 90.0 cm³/mol. The van der Waals surface area contributed by atoms with E-state index in [-0.39, 0.29) is 0 Å². The van der Waals surface area contributed by atoms with Crippen molar-refractivity contribution < 1.29 is 13.2 Å². The van der Waals surface area contributed by atoms with Crippen molar-refractivity contribution >= 4 is 10.0 Å². The van der Waals surface area contributed by atoms with Crippen LogP contribution in [0.3, 0.4) is 0 Å². The number of fused-ring (bicyclic) bond motifs is 1. The number of hydrogen-bond donors (Lipinski definition) is 0. The molecule has 3 rings (SSSR count). The first-order valence-corrected chi connectivity index (χ1v) is 9.35. The highest BCUT2D eigenvalue weighted by atomic mass is 32.2. The van der Waals surface area contributed by atoms with Gasteiger partial charge in [-0.3, -0.25) is 0 Å². The van der Waals surface area contributed by atoms with E-state index in [2.05, 4.69) is 0 Å². The van der Waals surface area contributed by atoms with Crippen molar-refractivity contribution in [2.24, 2.45) is 0 Å². The van der Waals surface area contributed by atoms with Crippen molar-refractivity contribution in [1.82, 2.24) is 4.31 Å². The predicted octanol–water partition coefficient (Wildman–Crippen LogP) is 3.22. The van der Waals surface area contributed by atoms with Crippen molar-refractivity contribution in [3.8, 4) is 5.75 Å². The van der Waals surface area contributed by atoms with E-state index < -0.39 is 10.0 Å². The van der Waals surface area contributed by atoms with Crippen LogP contribution in [-0.2, 0) is 23.0 Å². The fourth-order valence-electron chi connectivity index (χ4n) is 2.80. The van der Waals surface area contributed by atoms with Crippen LogP contribution in [0.25, 0.3) is 0 Å². The molecule has 0 radical (unpaired) electrons. The summed E-state index contributed by atoms with van der Waals surface area (Å²) in [6, 6.07) is 14.8. The number of hydrogen-bond acceptors (Lipinski definition) is 3. The monoisotopic (exact) mass is 331 g/mol. The van der Waals surface area contributed by atoms with Gasteiger partial charge in [0.1, 0.15) is 5.75 Å². The quantitative estimate of drug-likeness (QED) is 0.845. The maximum absolute atomic E-state index is 12.9. The normalized spacial score (nSPS) is 14.3. The lowest BCUT2D eigenvalue weighted by Crippen LogP contribution is -2.30. The Hall–Kier alpha value is -1.85. The van der Waals surface area contributed by atoms with E-state index in [1.807, 2.05) is 37.3 Å². The lowest BCUT2D eigenvalue weighted by Gasteiger charge is -2.22. The van der Waals surface area contributed by atoms with E-state index in [0.717, 1.165) is 29.7 Å². The molecule has 0 amide bonds. The van der Waals surface area contributed by atoms with Gasteiger partial charge in [-0.25, -0.2) is 8.42 Å². The van der Waals surface area contributed by atoms with Gasteiger partial charge in [-0.2, -0.15) is 4.31 Å². The van der Waals surface area contributed by atoms with Gasteiger partial charge in [0.2, 0.25) is 10.0 Å². The largest absolute Gasteiger partial charge is 0.493 e. The van der Waals surface area contributed by atoms with Gasteiger partial charge in [0.15, 0.2) is 0 Å².